The molecule has 0 fully saturated rings. The van der Waals surface area contributed by atoms with Crippen LogP contribution in [0, 0.1) is 6.92 Å². The SMILES string of the molecule is Cc1ccccc1-c1nc(N)c2ncn(CCCCOC(=O)NCc3cccc(C(F)(F)F)c3)c2n1. The number of aryl methyl sites for hydroxylation is 2. The Labute approximate surface area is 205 Å². The first-order chi connectivity index (χ1) is 17.2. The van der Waals surface area contributed by atoms with Crippen LogP contribution >= 0.6 is 0 Å². The molecule has 0 aliphatic carbocycles. The van der Waals surface area contributed by atoms with Crippen molar-refractivity contribution in [2.45, 2.75) is 39.0 Å². The molecule has 4 rings (SSSR count). The van der Waals surface area contributed by atoms with Crippen LogP contribution in [0.1, 0.15) is 29.5 Å². The Balaban J connectivity index is 1.27. The predicted molar refractivity (Wildman–Crippen MR) is 129 cm³/mol. The van der Waals surface area contributed by atoms with Gasteiger partial charge in [0.15, 0.2) is 17.3 Å². The van der Waals surface area contributed by atoms with E-state index in [1.807, 2.05) is 35.8 Å². The molecule has 0 radical (unpaired) electrons. The fourth-order valence-corrected chi connectivity index (χ4v) is 3.71. The average Bonchev–Trinajstić information content (AvgIpc) is 3.26. The normalized spacial score (nSPS) is 11.6. The highest BCUT2D eigenvalue weighted by Gasteiger charge is 2.30. The molecule has 0 aliphatic rings. The second-order valence-corrected chi connectivity index (χ2v) is 8.25. The van der Waals surface area contributed by atoms with Gasteiger partial charge in [0, 0.05) is 18.7 Å². The molecule has 2 aromatic carbocycles. The molecule has 0 spiro atoms. The number of fused-ring (bicyclic) bond motifs is 1. The molecule has 8 nitrogen and oxygen atoms in total. The lowest BCUT2D eigenvalue weighted by Gasteiger charge is -2.10. The largest absolute Gasteiger partial charge is 0.450 e. The van der Waals surface area contributed by atoms with E-state index in [-0.39, 0.29) is 13.2 Å². The Morgan fingerprint density at radius 2 is 1.92 bits per heavy atom. The Bertz CT molecular complexity index is 1370. The number of carbonyl (C=O) groups excluding carboxylic acids is 1. The molecule has 3 N–H and O–H groups in total. The lowest BCUT2D eigenvalue weighted by atomic mass is 10.1. The van der Waals surface area contributed by atoms with Crippen molar-refractivity contribution >= 4 is 23.1 Å². The van der Waals surface area contributed by atoms with E-state index in [2.05, 4.69) is 20.3 Å². The maximum Gasteiger partial charge on any atom is 0.416 e. The number of benzene rings is 2. The molecule has 4 aromatic rings. The van der Waals surface area contributed by atoms with Crippen LogP contribution in [0.5, 0.6) is 0 Å². The number of hydrogen-bond acceptors (Lipinski definition) is 6. The van der Waals surface area contributed by atoms with Crippen molar-refractivity contribution in [2.24, 2.45) is 0 Å². The number of nitrogens with zero attached hydrogens (tertiary/aromatic N) is 4. The number of halogens is 3. The summed E-state index contributed by atoms with van der Waals surface area (Å²) in [5.41, 5.74) is 8.77. The monoisotopic (exact) mass is 498 g/mol. The molecule has 0 bridgehead atoms. The first-order valence-corrected chi connectivity index (χ1v) is 11.3. The van der Waals surface area contributed by atoms with E-state index >= 15 is 0 Å². The van der Waals surface area contributed by atoms with Gasteiger partial charge in [0.05, 0.1) is 18.5 Å². The molecular weight excluding hydrogens is 473 g/mol. The third-order valence-electron chi connectivity index (χ3n) is 5.59. The van der Waals surface area contributed by atoms with Crippen LogP contribution in [-0.2, 0) is 24.0 Å². The fraction of sp³-hybridized carbons (Fsp3) is 0.280. The van der Waals surface area contributed by atoms with Crippen molar-refractivity contribution in [3.63, 3.8) is 0 Å². The molecule has 2 aromatic heterocycles. The quantitative estimate of drug-likeness (QED) is 0.327. The molecular formula is C25H25F3N6O2. The lowest BCUT2D eigenvalue weighted by Crippen LogP contribution is -2.24. The number of hydrogen-bond donors (Lipinski definition) is 2. The van der Waals surface area contributed by atoms with Gasteiger partial charge in [-0.05, 0) is 43.0 Å². The topological polar surface area (TPSA) is 108 Å². The highest BCUT2D eigenvalue weighted by molar-refractivity contribution is 5.84. The minimum absolute atomic E-state index is 0.0614. The number of ether oxygens (including phenoxy) is 1. The maximum atomic E-state index is 12.8. The highest BCUT2D eigenvalue weighted by atomic mass is 19.4. The van der Waals surface area contributed by atoms with Gasteiger partial charge >= 0.3 is 12.3 Å². The summed E-state index contributed by atoms with van der Waals surface area (Å²) >= 11 is 0. The average molecular weight is 499 g/mol. The number of nitrogen functional groups attached to an aromatic ring is 1. The first kappa shape index (κ1) is 25.0. The molecule has 2 heterocycles. The second-order valence-electron chi connectivity index (χ2n) is 8.25. The van der Waals surface area contributed by atoms with Gasteiger partial charge in [-0.15, -0.1) is 0 Å². The van der Waals surface area contributed by atoms with E-state index in [0.717, 1.165) is 23.3 Å². The molecule has 36 heavy (non-hydrogen) atoms. The smallest absolute Gasteiger partial charge is 0.416 e. The number of alkyl halides is 3. The molecule has 0 atom stereocenters. The van der Waals surface area contributed by atoms with Gasteiger partial charge in [-0.1, -0.05) is 36.4 Å². The van der Waals surface area contributed by atoms with Crippen LogP contribution in [0.15, 0.2) is 54.9 Å². The zero-order valence-corrected chi connectivity index (χ0v) is 19.5. The Morgan fingerprint density at radius 3 is 2.69 bits per heavy atom. The van der Waals surface area contributed by atoms with Crippen molar-refractivity contribution in [1.82, 2.24) is 24.8 Å². The minimum atomic E-state index is -4.43. The van der Waals surface area contributed by atoms with Gasteiger partial charge in [-0.25, -0.2) is 19.7 Å². The van der Waals surface area contributed by atoms with Gasteiger partial charge in [-0.3, -0.25) is 0 Å². The first-order valence-electron chi connectivity index (χ1n) is 11.3. The Hall–Kier alpha value is -4.15. The summed E-state index contributed by atoms with van der Waals surface area (Å²) in [6.07, 6.45) is -2.22. The van der Waals surface area contributed by atoms with Crippen molar-refractivity contribution < 1.29 is 22.7 Å². The third kappa shape index (κ3) is 5.91. The number of imidazole rings is 1. The Morgan fingerprint density at radius 1 is 1.11 bits per heavy atom. The van der Waals surface area contributed by atoms with Gasteiger partial charge in [-0.2, -0.15) is 13.2 Å². The van der Waals surface area contributed by atoms with Crippen LogP contribution in [-0.4, -0.2) is 32.2 Å². The minimum Gasteiger partial charge on any atom is -0.450 e. The zero-order chi connectivity index (χ0) is 25.7. The van der Waals surface area contributed by atoms with E-state index in [4.69, 9.17) is 10.5 Å². The summed E-state index contributed by atoms with van der Waals surface area (Å²) in [6.45, 7) is 2.66. The number of unbranched alkanes of at least 4 members (excludes halogenated alkanes) is 1. The molecule has 11 heteroatoms. The summed E-state index contributed by atoms with van der Waals surface area (Å²) in [6, 6.07) is 12.6. The number of nitrogens with two attached hydrogens (primary N) is 1. The van der Waals surface area contributed by atoms with Crippen LogP contribution in [0.2, 0.25) is 0 Å². The summed E-state index contributed by atoms with van der Waals surface area (Å²) in [7, 11) is 0. The van der Waals surface area contributed by atoms with E-state index in [1.54, 1.807) is 6.33 Å². The van der Waals surface area contributed by atoms with Crippen LogP contribution in [0.3, 0.4) is 0 Å². The van der Waals surface area contributed by atoms with Gasteiger partial charge in [0.2, 0.25) is 0 Å². The molecule has 188 valence electrons. The number of rotatable bonds is 8. The number of nitrogens with one attached hydrogen (secondary N) is 1. The summed E-state index contributed by atoms with van der Waals surface area (Å²) in [5, 5.41) is 2.46. The number of anilines is 1. The second kappa shape index (κ2) is 10.6. The number of alkyl carbamates (subject to hydrolysis) is 1. The number of carbonyl (C=O) groups is 1. The maximum absolute atomic E-state index is 12.8. The van der Waals surface area contributed by atoms with E-state index in [0.29, 0.717) is 47.8 Å². The van der Waals surface area contributed by atoms with Crippen molar-refractivity contribution in [3.05, 3.63) is 71.5 Å². The highest BCUT2D eigenvalue weighted by Crippen LogP contribution is 2.29. The molecule has 0 unspecified atom stereocenters. The summed E-state index contributed by atoms with van der Waals surface area (Å²) < 4.78 is 45.4. The van der Waals surface area contributed by atoms with Gasteiger partial charge in [0.1, 0.15) is 5.52 Å². The summed E-state index contributed by atoms with van der Waals surface area (Å²) in [4.78, 5) is 25.3. The van der Waals surface area contributed by atoms with Crippen LogP contribution < -0.4 is 11.1 Å². The van der Waals surface area contributed by atoms with Crippen LogP contribution in [0.4, 0.5) is 23.8 Å². The predicted octanol–water partition coefficient (Wildman–Crippen LogP) is 5.11. The molecule has 0 saturated heterocycles. The van der Waals surface area contributed by atoms with Gasteiger partial charge in [0.25, 0.3) is 0 Å². The molecule has 1 amide bonds. The number of amides is 1. The Kier molecular flexibility index (Phi) is 7.37. The van der Waals surface area contributed by atoms with Crippen molar-refractivity contribution in [3.8, 4) is 11.4 Å². The van der Waals surface area contributed by atoms with Crippen LogP contribution in [0.25, 0.3) is 22.6 Å². The van der Waals surface area contributed by atoms with Crippen molar-refractivity contribution in [1.29, 1.82) is 0 Å². The lowest BCUT2D eigenvalue weighted by molar-refractivity contribution is -0.137. The van der Waals surface area contributed by atoms with E-state index in [9.17, 15) is 18.0 Å². The zero-order valence-electron chi connectivity index (χ0n) is 19.5. The van der Waals surface area contributed by atoms with E-state index < -0.39 is 17.8 Å². The standard InChI is InChI=1S/C25H25F3N6O2/c1-16-7-2-3-10-19(16)22-32-21(29)20-23(33-22)34(15-31-20)11-4-5-12-36-24(35)30-14-17-8-6-9-18(13-17)25(26,27)28/h2-3,6-10,13,15H,4-5,11-12,14H2,1H3,(H,30,35)(H2,29,32,33). The van der Waals surface area contributed by atoms with E-state index in [1.165, 1.54) is 12.1 Å². The molecule has 0 saturated carbocycles. The number of aromatic nitrogens is 4. The van der Waals surface area contributed by atoms with Gasteiger partial charge < -0.3 is 20.4 Å². The molecule has 0 aliphatic heterocycles. The fourth-order valence-electron chi connectivity index (χ4n) is 3.71. The van der Waals surface area contributed by atoms with Crippen molar-refractivity contribution in [2.75, 3.05) is 12.3 Å². The summed E-state index contributed by atoms with van der Waals surface area (Å²) in [5.74, 6) is 0.832. The third-order valence-corrected chi connectivity index (χ3v) is 5.59.